The van der Waals surface area contributed by atoms with Gasteiger partial charge in [0.2, 0.25) is 5.91 Å². The van der Waals surface area contributed by atoms with E-state index in [0.717, 1.165) is 17.9 Å². The first kappa shape index (κ1) is 13.9. The van der Waals surface area contributed by atoms with E-state index in [-0.39, 0.29) is 12.5 Å². The molecular formula is C16H19N3O. The number of nitrogens with zero attached hydrogens (tertiary/aromatic N) is 1. The van der Waals surface area contributed by atoms with Crippen molar-refractivity contribution in [1.82, 2.24) is 0 Å². The maximum atomic E-state index is 12.1. The zero-order valence-corrected chi connectivity index (χ0v) is 11.5. The lowest BCUT2D eigenvalue weighted by atomic mass is 10.2. The van der Waals surface area contributed by atoms with Crippen molar-refractivity contribution in [3.63, 3.8) is 0 Å². The summed E-state index contributed by atoms with van der Waals surface area (Å²) in [5, 5.41) is 2.87. The summed E-state index contributed by atoms with van der Waals surface area (Å²) >= 11 is 0. The van der Waals surface area contributed by atoms with Gasteiger partial charge in [-0.1, -0.05) is 30.3 Å². The van der Waals surface area contributed by atoms with Gasteiger partial charge in [0.15, 0.2) is 0 Å². The molecule has 20 heavy (non-hydrogen) atoms. The third-order valence-electron chi connectivity index (χ3n) is 3.05. The molecule has 0 saturated carbocycles. The monoisotopic (exact) mass is 269 g/mol. The van der Waals surface area contributed by atoms with Gasteiger partial charge in [-0.3, -0.25) is 4.79 Å². The highest BCUT2D eigenvalue weighted by Crippen LogP contribution is 2.22. The Morgan fingerprint density at radius 3 is 2.40 bits per heavy atom. The normalized spacial score (nSPS) is 10.1. The summed E-state index contributed by atoms with van der Waals surface area (Å²) < 4.78 is 0. The van der Waals surface area contributed by atoms with Crippen LogP contribution in [0.4, 0.5) is 17.1 Å². The van der Waals surface area contributed by atoms with E-state index in [1.54, 1.807) is 0 Å². The summed E-state index contributed by atoms with van der Waals surface area (Å²) in [6, 6.07) is 17.0. The van der Waals surface area contributed by atoms with E-state index >= 15 is 0 Å². The van der Waals surface area contributed by atoms with Crippen molar-refractivity contribution in [2.75, 3.05) is 29.0 Å². The first-order valence-corrected chi connectivity index (χ1v) is 6.65. The molecule has 2 aromatic rings. The number of nitrogens with one attached hydrogen (secondary N) is 1. The summed E-state index contributed by atoms with van der Waals surface area (Å²) in [6.07, 6.45) is 0. The molecule has 0 atom stereocenters. The largest absolute Gasteiger partial charge is 0.397 e. The van der Waals surface area contributed by atoms with Crippen LogP contribution in [0, 0.1) is 0 Å². The van der Waals surface area contributed by atoms with Gasteiger partial charge in [0.1, 0.15) is 0 Å². The molecule has 0 aliphatic rings. The van der Waals surface area contributed by atoms with Crippen LogP contribution < -0.4 is 16.0 Å². The molecule has 0 aliphatic heterocycles. The fraction of sp³-hybridized carbons (Fsp3) is 0.188. The molecule has 0 fully saturated rings. The smallest absolute Gasteiger partial charge is 0.243 e. The van der Waals surface area contributed by atoms with E-state index in [9.17, 15) is 4.79 Å². The molecule has 0 radical (unpaired) electrons. The Balaban J connectivity index is 2.04. The minimum absolute atomic E-state index is 0.0543. The van der Waals surface area contributed by atoms with Gasteiger partial charge in [-0.05, 0) is 31.2 Å². The van der Waals surface area contributed by atoms with Gasteiger partial charge in [0.25, 0.3) is 0 Å². The molecule has 1 amide bonds. The Bertz CT molecular complexity index is 569. The number of para-hydroxylation sites is 3. The SMILES string of the molecule is CCN(CC(=O)Nc1ccccc1)c1ccccc1N. The summed E-state index contributed by atoms with van der Waals surface area (Å²) in [5.41, 5.74) is 8.32. The first-order valence-electron chi connectivity index (χ1n) is 6.65. The number of hydrogen-bond acceptors (Lipinski definition) is 3. The van der Waals surface area contributed by atoms with Gasteiger partial charge in [-0.2, -0.15) is 0 Å². The number of hydrogen-bond donors (Lipinski definition) is 2. The van der Waals surface area contributed by atoms with E-state index < -0.39 is 0 Å². The van der Waals surface area contributed by atoms with Gasteiger partial charge >= 0.3 is 0 Å². The maximum Gasteiger partial charge on any atom is 0.243 e. The summed E-state index contributed by atoms with van der Waals surface area (Å²) in [4.78, 5) is 14.0. The fourth-order valence-electron chi connectivity index (χ4n) is 2.04. The van der Waals surface area contributed by atoms with Crippen molar-refractivity contribution < 1.29 is 4.79 Å². The Morgan fingerprint density at radius 2 is 1.75 bits per heavy atom. The van der Waals surface area contributed by atoms with Crippen molar-refractivity contribution in [2.24, 2.45) is 0 Å². The second-order valence-corrected chi connectivity index (χ2v) is 4.49. The fourth-order valence-corrected chi connectivity index (χ4v) is 2.04. The molecule has 4 heteroatoms. The molecule has 3 N–H and O–H groups in total. The summed E-state index contributed by atoms with van der Waals surface area (Å²) in [5.74, 6) is -0.0543. The van der Waals surface area contributed by atoms with Crippen LogP contribution in [-0.4, -0.2) is 19.0 Å². The molecule has 104 valence electrons. The summed E-state index contributed by atoms with van der Waals surface area (Å²) in [7, 11) is 0. The van der Waals surface area contributed by atoms with Crippen LogP contribution >= 0.6 is 0 Å². The lowest BCUT2D eigenvalue weighted by molar-refractivity contribution is -0.115. The predicted octanol–water partition coefficient (Wildman–Crippen LogP) is 2.73. The number of carbonyl (C=O) groups excluding carboxylic acids is 1. The highest BCUT2D eigenvalue weighted by atomic mass is 16.2. The number of benzene rings is 2. The van der Waals surface area contributed by atoms with Crippen LogP contribution in [0.15, 0.2) is 54.6 Å². The number of carbonyl (C=O) groups is 1. The molecule has 2 rings (SSSR count). The van der Waals surface area contributed by atoms with Gasteiger partial charge in [-0.25, -0.2) is 0 Å². The second kappa shape index (κ2) is 6.61. The Labute approximate surface area is 119 Å². The molecule has 0 aliphatic carbocycles. The predicted molar refractivity (Wildman–Crippen MR) is 83.8 cm³/mol. The quantitative estimate of drug-likeness (QED) is 0.821. The molecular weight excluding hydrogens is 250 g/mol. The average molecular weight is 269 g/mol. The van der Waals surface area contributed by atoms with E-state index in [2.05, 4.69) is 5.32 Å². The van der Waals surface area contributed by atoms with Crippen LogP contribution in [0.25, 0.3) is 0 Å². The summed E-state index contributed by atoms with van der Waals surface area (Å²) in [6.45, 7) is 3.00. The Hall–Kier alpha value is -2.49. The van der Waals surface area contributed by atoms with Crippen LogP contribution in [0.1, 0.15) is 6.92 Å². The molecule has 0 bridgehead atoms. The molecule has 0 spiro atoms. The zero-order valence-electron chi connectivity index (χ0n) is 11.5. The van der Waals surface area contributed by atoms with E-state index in [0.29, 0.717) is 5.69 Å². The minimum Gasteiger partial charge on any atom is -0.397 e. The highest BCUT2D eigenvalue weighted by Gasteiger charge is 2.12. The zero-order chi connectivity index (χ0) is 14.4. The van der Waals surface area contributed by atoms with Crippen LogP contribution in [0.2, 0.25) is 0 Å². The van der Waals surface area contributed by atoms with Crippen molar-refractivity contribution in [1.29, 1.82) is 0 Å². The van der Waals surface area contributed by atoms with Crippen molar-refractivity contribution in [3.05, 3.63) is 54.6 Å². The van der Waals surface area contributed by atoms with Crippen molar-refractivity contribution in [2.45, 2.75) is 6.92 Å². The van der Waals surface area contributed by atoms with E-state index in [4.69, 9.17) is 5.73 Å². The van der Waals surface area contributed by atoms with Crippen LogP contribution in [0.5, 0.6) is 0 Å². The van der Waals surface area contributed by atoms with Gasteiger partial charge in [0.05, 0.1) is 17.9 Å². The third-order valence-corrected chi connectivity index (χ3v) is 3.05. The molecule has 2 aromatic carbocycles. The lowest BCUT2D eigenvalue weighted by Gasteiger charge is -2.23. The molecule has 0 heterocycles. The number of likely N-dealkylation sites (N-methyl/N-ethyl adjacent to an activating group) is 1. The standard InChI is InChI=1S/C16H19N3O/c1-2-19(15-11-7-6-10-14(15)17)12-16(20)18-13-8-4-3-5-9-13/h3-11H,2,12,17H2,1H3,(H,18,20). The number of nitrogen functional groups attached to an aromatic ring is 1. The molecule has 0 aromatic heterocycles. The van der Waals surface area contributed by atoms with Gasteiger partial charge in [-0.15, -0.1) is 0 Å². The molecule has 0 saturated heterocycles. The van der Waals surface area contributed by atoms with Gasteiger partial charge < -0.3 is 16.0 Å². The van der Waals surface area contributed by atoms with Crippen LogP contribution in [0.3, 0.4) is 0 Å². The molecule has 4 nitrogen and oxygen atoms in total. The topological polar surface area (TPSA) is 58.4 Å². The molecule has 0 unspecified atom stereocenters. The lowest BCUT2D eigenvalue weighted by Crippen LogP contribution is -2.33. The average Bonchev–Trinajstić information content (AvgIpc) is 2.46. The Kier molecular flexibility index (Phi) is 4.60. The van der Waals surface area contributed by atoms with Crippen molar-refractivity contribution in [3.8, 4) is 0 Å². The third kappa shape index (κ3) is 3.51. The Morgan fingerprint density at radius 1 is 1.10 bits per heavy atom. The first-order chi connectivity index (χ1) is 9.70. The van der Waals surface area contributed by atoms with Crippen molar-refractivity contribution >= 4 is 23.0 Å². The van der Waals surface area contributed by atoms with E-state index in [1.165, 1.54) is 0 Å². The second-order valence-electron chi connectivity index (χ2n) is 4.49. The number of amides is 1. The number of nitrogens with two attached hydrogens (primary N) is 1. The minimum atomic E-state index is -0.0543. The van der Waals surface area contributed by atoms with Crippen LogP contribution in [-0.2, 0) is 4.79 Å². The van der Waals surface area contributed by atoms with Gasteiger partial charge in [0, 0.05) is 12.2 Å². The maximum absolute atomic E-state index is 12.1. The number of rotatable bonds is 5. The highest BCUT2D eigenvalue weighted by molar-refractivity contribution is 5.94. The van der Waals surface area contributed by atoms with E-state index in [1.807, 2.05) is 66.4 Å². The number of anilines is 3.